The van der Waals surface area contributed by atoms with Crippen LogP contribution in [-0.2, 0) is 9.47 Å². The maximum atomic E-state index is 12.1. The molecule has 0 unspecified atom stereocenters. The Morgan fingerprint density at radius 3 is 2.05 bits per heavy atom. The Morgan fingerprint density at radius 1 is 1.16 bits per heavy atom. The number of amides is 1. The van der Waals surface area contributed by atoms with Gasteiger partial charge in [-0.2, -0.15) is 0 Å². The van der Waals surface area contributed by atoms with Crippen LogP contribution in [0.5, 0.6) is 0 Å². The second-order valence-corrected chi connectivity index (χ2v) is 6.72. The van der Waals surface area contributed by atoms with E-state index in [9.17, 15) is 4.79 Å². The summed E-state index contributed by atoms with van der Waals surface area (Å²) in [7, 11) is 0. The summed E-state index contributed by atoms with van der Waals surface area (Å²) in [6.07, 6.45) is -0.198. The predicted octanol–water partition coefficient (Wildman–Crippen LogP) is 1.71. The van der Waals surface area contributed by atoms with Crippen molar-refractivity contribution < 1.29 is 14.3 Å². The summed E-state index contributed by atoms with van der Waals surface area (Å²) in [4.78, 5) is 16.4. The van der Waals surface area contributed by atoms with E-state index in [1.54, 1.807) is 0 Å². The third kappa shape index (κ3) is 3.39. The van der Waals surface area contributed by atoms with Gasteiger partial charge < -0.3 is 14.4 Å². The minimum Gasteiger partial charge on any atom is -0.444 e. The molecule has 2 heterocycles. The maximum absolute atomic E-state index is 12.1. The molecule has 0 radical (unpaired) electrons. The van der Waals surface area contributed by atoms with Crippen LogP contribution in [0.2, 0.25) is 0 Å². The van der Waals surface area contributed by atoms with Crippen molar-refractivity contribution in [1.29, 1.82) is 0 Å². The van der Waals surface area contributed by atoms with Crippen LogP contribution < -0.4 is 0 Å². The first kappa shape index (κ1) is 14.6. The van der Waals surface area contributed by atoms with Crippen LogP contribution in [0.3, 0.4) is 0 Å². The molecule has 0 spiro atoms. The monoisotopic (exact) mass is 270 g/mol. The smallest absolute Gasteiger partial charge is 0.410 e. The average Bonchev–Trinajstić information content (AvgIpc) is 2.17. The number of nitrogens with zero attached hydrogens (tertiary/aromatic N) is 2. The van der Waals surface area contributed by atoms with Crippen molar-refractivity contribution in [2.24, 2.45) is 0 Å². The highest BCUT2D eigenvalue weighted by Crippen LogP contribution is 2.24. The number of hydrogen-bond acceptors (Lipinski definition) is 4. The lowest BCUT2D eigenvalue weighted by molar-refractivity contribution is -0.111. The van der Waals surface area contributed by atoms with E-state index in [2.05, 4.69) is 18.7 Å². The van der Waals surface area contributed by atoms with Crippen molar-refractivity contribution in [3.8, 4) is 0 Å². The molecule has 0 saturated carbocycles. The predicted molar refractivity (Wildman–Crippen MR) is 73.2 cm³/mol. The first-order valence-electron chi connectivity index (χ1n) is 7.11. The van der Waals surface area contributed by atoms with Crippen molar-refractivity contribution >= 4 is 6.09 Å². The standard InChI is InChI=1S/C14H26N2O3/c1-10-6-15(13(17)19-14(3,4)5)7-11(2)16(10)12-8-18-9-12/h10-12H,6-9H2,1-5H3/t10-,11-/m1/s1. The minimum atomic E-state index is -0.428. The van der Waals surface area contributed by atoms with E-state index >= 15 is 0 Å². The first-order chi connectivity index (χ1) is 8.78. The van der Waals surface area contributed by atoms with Gasteiger partial charge in [-0.15, -0.1) is 0 Å². The van der Waals surface area contributed by atoms with E-state index in [4.69, 9.17) is 9.47 Å². The van der Waals surface area contributed by atoms with Gasteiger partial charge in [-0.25, -0.2) is 4.79 Å². The van der Waals surface area contributed by atoms with Gasteiger partial charge >= 0.3 is 6.09 Å². The van der Waals surface area contributed by atoms with Gasteiger partial charge in [-0.3, -0.25) is 4.90 Å². The lowest BCUT2D eigenvalue weighted by Gasteiger charge is -2.50. The van der Waals surface area contributed by atoms with Gasteiger partial charge in [0.15, 0.2) is 0 Å². The molecule has 0 aromatic heterocycles. The minimum absolute atomic E-state index is 0.198. The summed E-state index contributed by atoms with van der Waals surface area (Å²) >= 11 is 0. The zero-order valence-electron chi connectivity index (χ0n) is 12.7. The van der Waals surface area contributed by atoms with E-state index in [-0.39, 0.29) is 6.09 Å². The summed E-state index contributed by atoms with van der Waals surface area (Å²) < 4.78 is 10.7. The number of carbonyl (C=O) groups excluding carboxylic acids is 1. The summed E-state index contributed by atoms with van der Waals surface area (Å²) in [6, 6.07) is 1.22. The van der Waals surface area contributed by atoms with Crippen molar-refractivity contribution in [1.82, 2.24) is 9.80 Å². The topological polar surface area (TPSA) is 42.0 Å². The zero-order chi connectivity index (χ0) is 14.2. The quantitative estimate of drug-likeness (QED) is 0.727. The zero-order valence-corrected chi connectivity index (χ0v) is 12.7. The van der Waals surface area contributed by atoms with Crippen molar-refractivity contribution in [3.63, 3.8) is 0 Å². The van der Waals surface area contributed by atoms with Gasteiger partial charge in [0.1, 0.15) is 5.60 Å². The van der Waals surface area contributed by atoms with Crippen LogP contribution in [-0.4, -0.2) is 65.9 Å². The number of ether oxygens (including phenoxy) is 2. The third-order valence-corrected chi connectivity index (χ3v) is 3.68. The molecule has 2 rings (SSSR count). The van der Waals surface area contributed by atoms with Gasteiger partial charge in [-0.05, 0) is 34.6 Å². The molecule has 0 aromatic carbocycles. The second-order valence-electron chi connectivity index (χ2n) is 6.72. The van der Waals surface area contributed by atoms with Crippen LogP contribution in [0.25, 0.3) is 0 Å². The summed E-state index contributed by atoms with van der Waals surface area (Å²) in [6.45, 7) is 13.2. The van der Waals surface area contributed by atoms with Crippen LogP contribution in [0.1, 0.15) is 34.6 Å². The Morgan fingerprint density at radius 2 is 1.68 bits per heavy atom. The molecule has 0 aliphatic carbocycles. The van der Waals surface area contributed by atoms with Crippen LogP contribution >= 0.6 is 0 Å². The fraction of sp³-hybridized carbons (Fsp3) is 0.929. The number of hydrogen-bond donors (Lipinski definition) is 0. The SMILES string of the molecule is C[C@@H]1CN(C(=O)OC(C)(C)C)C[C@@H](C)N1C1COC1. The Hall–Kier alpha value is -0.810. The third-order valence-electron chi connectivity index (χ3n) is 3.68. The van der Waals surface area contributed by atoms with Gasteiger partial charge in [0.25, 0.3) is 0 Å². The fourth-order valence-corrected chi connectivity index (χ4v) is 2.93. The molecule has 2 fully saturated rings. The normalized spacial score (nSPS) is 30.1. The molecule has 5 heteroatoms. The van der Waals surface area contributed by atoms with E-state index in [0.717, 1.165) is 26.3 Å². The molecule has 19 heavy (non-hydrogen) atoms. The Bertz CT molecular complexity index is 324. The van der Waals surface area contributed by atoms with Crippen molar-refractivity contribution in [2.45, 2.75) is 58.3 Å². The molecule has 0 aromatic rings. The molecular formula is C14H26N2O3. The van der Waals surface area contributed by atoms with E-state index in [1.807, 2.05) is 25.7 Å². The highest BCUT2D eigenvalue weighted by atomic mass is 16.6. The van der Waals surface area contributed by atoms with E-state index in [1.165, 1.54) is 0 Å². The van der Waals surface area contributed by atoms with Gasteiger partial charge in [0.05, 0.1) is 19.3 Å². The highest BCUT2D eigenvalue weighted by molar-refractivity contribution is 5.68. The summed E-state index contributed by atoms with van der Waals surface area (Å²) in [5.74, 6) is 0. The Labute approximate surface area is 115 Å². The number of carbonyl (C=O) groups is 1. The van der Waals surface area contributed by atoms with Gasteiger partial charge in [0.2, 0.25) is 0 Å². The van der Waals surface area contributed by atoms with E-state index in [0.29, 0.717) is 18.1 Å². The average molecular weight is 270 g/mol. The Kier molecular flexibility index (Phi) is 4.06. The first-order valence-corrected chi connectivity index (χ1v) is 7.11. The van der Waals surface area contributed by atoms with Gasteiger partial charge in [-0.1, -0.05) is 0 Å². The van der Waals surface area contributed by atoms with E-state index < -0.39 is 5.60 Å². The molecule has 2 saturated heterocycles. The van der Waals surface area contributed by atoms with Crippen molar-refractivity contribution in [2.75, 3.05) is 26.3 Å². The lowest BCUT2D eigenvalue weighted by atomic mass is 10.0. The maximum Gasteiger partial charge on any atom is 0.410 e. The molecule has 110 valence electrons. The highest BCUT2D eigenvalue weighted by Gasteiger charge is 2.39. The number of piperazine rings is 1. The molecule has 2 aliphatic heterocycles. The molecule has 5 nitrogen and oxygen atoms in total. The van der Waals surface area contributed by atoms with Crippen LogP contribution in [0.15, 0.2) is 0 Å². The van der Waals surface area contributed by atoms with Crippen LogP contribution in [0, 0.1) is 0 Å². The van der Waals surface area contributed by atoms with Crippen LogP contribution in [0.4, 0.5) is 4.79 Å². The molecule has 2 atom stereocenters. The molecule has 0 bridgehead atoms. The second kappa shape index (κ2) is 5.29. The summed E-state index contributed by atoms with van der Waals surface area (Å²) in [5.41, 5.74) is -0.428. The Balaban J connectivity index is 1.94. The molecule has 1 amide bonds. The van der Waals surface area contributed by atoms with Gasteiger partial charge in [0, 0.05) is 25.2 Å². The molecule has 2 aliphatic rings. The summed E-state index contributed by atoms with van der Waals surface area (Å²) in [5, 5.41) is 0. The number of rotatable bonds is 1. The molecular weight excluding hydrogens is 244 g/mol. The van der Waals surface area contributed by atoms with Crippen molar-refractivity contribution in [3.05, 3.63) is 0 Å². The fourth-order valence-electron chi connectivity index (χ4n) is 2.93. The molecule has 0 N–H and O–H groups in total. The largest absolute Gasteiger partial charge is 0.444 e. The lowest BCUT2D eigenvalue weighted by Crippen LogP contribution is -2.65.